The number of hydrogen-bond donors (Lipinski definition) is 0. The predicted molar refractivity (Wildman–Crippen MR) is 91.2 cm³/mol. The summed E-state index contributed by atoms with van der Waals surface area (Å²) in [6.45, 7) is 0.884. The number of imidazole rings is 1. The molecule has 21 heavy (non-hydrogen) atoms. The summed E-state index contributed by atoms with van der Waals surface area (Å²) in [5.74, 6) is 1.09. The molecule has 2 heterocycles. The fourth-order valence-electron chi connectivity index (χ4n) is 3.62. The lowest BCUT2D eigenvalue weighted by molar-refractivity contribution is -0.140. The van der Waals surface area contributed by atoms with E-state index in [0.717, 1.165) is 25.3 Å². The molecule has 1 aliphatic heterocycles. The van der Waals surface area contributed by atoms with Crippen LogP contribution < -0.4 is 0 Å². The molecule has 2 fully saturated rings. The maximum atomic E-state index is 6.06. The number of halogens is 1. The lowest BCUT2D eigenvalue weighted by Gasteiger charge is -2.47. The van der Waals surface area contributed by atoms with Gasteiger partial charge < -0.3 is 9.30 Å². The molecule has 2 aliphatic rings. The minimum Gasteiger partial charge on any atom is -0.375 e. The van der Waals surface area contributed by atoms with Crippen LogP contribution in [0.2, 0.25) is 0 Å². The molecule has 1 spiro atoms. The van der Waals surface area contributed by atoms with E-state index in [1.807, 2.05) is 6.20 Å². The second-order valence-electron chi connectivity index (χ2n) is 6.20. The van der Waals surface area contributed by atoms with E-state index in [1.54, 1.807) is 0 Å². The van der Waals surface area contributed by atoms with E-state index in [9.17, 15) is 0 Å². The summed E-state index contributed by atoms with van der Waals surface area (Å²) in [4.78, 5) is 4.61. The molecular formula is C17H19IN2O. The first-order valence-electron chi connectivity index (χ1n) is 7.69. The molecule has 1 unspecified atom stereocenters. The van der Waals surface area contributed by atoms with Crippen LogP contribution in [0, 0.1) is 3.57 Å². The number of ether oxygens (including phenoxy) is 1. The molecule has 1 aromatic heterocycles. The average molecular weight is 394 g/mol. The monoisotopic (exact) mass is 394 g/mol. The van der Waals surface area contributed by atoms with Crippen molar-refractivity contribution in [1.82, 2.24) is 9.55 Å². The smallest absolute Gasteiger partial charge is 0.140 e. The van der Waals surface area contributed by atoms with Gasteiger partial charge in [0.1, 0.15) is 5.82 Å². The Morgan fingerprint density at radius 1 is 1.33 bits per heavy atom. The highest BCUT2D eigenvalue weighted by atomic mass is 127. The topological polar surface area (TPSA) is 27.1 Å². The van der Waals surface area contributed by atoms with Crippen molar-refractivity contribution < 1.29 is 4.74 Å². The minimum absolute atomic E-state index is 0.176. The lowest BCUT2D eigenvalue weighted by Crippen LogP contribution is -2.45. The highest BCUT2D eigenvalue weighted by molar-refractivity contribution is 14.1. The zero-order valence-electron chi connectivity index (χ0n) is 12.0. The van der Waals surface area contributed by atoms with Gasteiger partial charge in [-0.3, -0.25) is 0 Å². The van der Waals surface area contributed by atoms with Gasteiger partial charge in [-0.2, -0.15) is 0 Å². The van der Waals surface area contributed by atoms with Crippen LogP contribution in [-0.2, 0) is 4.74 Å². The van der Waals surface area contributed by atoms with Crippen molar-refractivity contribution in [2.45, 2.75) is 43.7 Å². The fourth-order valence-corrected chi connectivity index (χ4v) is 4.16. The molecule has 1 saturated heterocycles. The van der Waals surface area contributed by atoms with Crippen molar-refractivity contribution in [3.05, 3.63) is 40.2 Å². The number of benzene rings is 1. The number of aromatic nitrogens is 2. The van der Waals surface area contributed by atoms with E-state index in [-0.39, 0.29) is 5.60 Å². The van der Waals surface area contributed by atoms with Gasteiger partial charge in [0.15, 0.2) is 0 Å². The first-order valence-corrected chi connectivity index (χ1v) is 8.76. The van der Waals surface area contributed by atoms with Gasteiger partial charge in [0, 0.05) is 34.2 Å². The van der Waals surface area contributed by atoms with Gasteiger partial charge in [-0.1, -0.05) is 12.1 Å². The second kappa shape index (κ2) is 5.39. The highest BCUT2D eigenvalue weighted by Gasteiger charge is 2.43. The third-order valence-corrected chi connectivity index (χ3v) is 5.55. The lowest BCUT2D eigenvalue weighted by atomic mass is 9.74. The van der Waals surface area contributed by atoms with Gasteiger partial charge in [-0.15, -0.1) is 0 Å². The quantitative estimate of drug-likeness (QED) is 0.705. The van der Waals surface area contributed by atoms with Crippen molar-refractivity contribution in [3.8, 4) is 11.4 Å². The number of hydrogen-bond acceptors (Lipinski definition) is 2. The summed E-state index contributed by atoms with van der Waals surface area (Å²) >= 11 is 2.36. The van der Waals surface area contributed by atoms with Crippen LogP contribution in [0.5, 0.6) is 0 Å². The Morgan fingerprint density at radius 3 is 3.00 bits per heavy atom. The molecule has 0 amide bonds. The molecule has 1 saturated carbocycles. The Kier molecular flexibility index (Phi) is 3.53. The van der Waals surface area contributed by atoms with Crippen LogP contribution in [0.4, 0.5) is 0 Å². The molecule has 0 bridgehead atoms. The van der Waals surface area contributed by atoms with Gasteiger partial charge in [0.2, 0.25) is 0 Å². The summed E-state index contributed by atoms with van der Waals surface area (Å²) in [6, 6.07) is 9.11. The second-order valence-corrected chi connectivity index (χ2v) is 7.45. The van der Waals surface area contributed by atoms with E-state index in [4.69, 9.17) is 4.74 Å². The maximum Gasteiger partial charge on any atom is 0.140 e. The Hall–Kier alpha value is -0.880. The predicted octanol–water partition coefficient (Wildman–Crippen LogP) is 4.43. The highest BCUT2D eigenvalue weighted by Crippen LogP contribution is 2.46. The van der Waals surface area contributed by atoms with Gasteiger partial charge in [-0.25, -0.2) is 4.98 Å². The van der Waals surface area contributed by atoms with Gasteiger partial charge in [0.05, 0.1) is 5.60 Å². The normalized spacial score (nSPS) is 24.0. The standard InChI is InChI=1S/C17H19IN2O/c18-14-4-1-3-13(11-14)16-19-8-9-20(16)15-5-10-21-17(12-15)6-2-7-17/h1,3-4,8-9,11,15H,2,5-7,10,12H2. The van der Waals surface area contributed by atoms with Crippen LogP contribution in [0.15, 0.2) is 36.7 Å². The largest absolute Gasteiger partial charge is 0.375 e. The number of rotatable bonds is 2. The first kappa shape index (κ1) is 13.8. The molecule has 4 rings (SSSR count). The van der Waals surface area contributed by atoms with Crippen molar-refractivity contribution in [3.63, 3.8) is 0 Å². The van der Waals surface area contributed by atoms with Crippen LogP contribution in [0.3, 0.4) is 0 Å². The molecule has 0 radical (unpaired) electrons. The summed E-state index contributed by atoms with van der Waals surface area (Å²) in [6.07, 6.45) is 10.1. The third-order valence-electron chi connectivity index (χ3n) is 4.88. The summed E-state index contributed by atoms with van der Waals surface area (Å²) in [5, 5.41) is 0. The first-order chi connectivity index (χ1) is 10.3. The van der Waals surface area contributed by atoms with E-state index in [1.165, 1.54) is 28.4 Å². The number of nitrogens with zero attached hydrogens (tertiary/aromatic N) is 2. The molecule has 0 N–H and O–H groups in total. The van der Waals surface area contributed by atoms with E-state index < -0.39 is 0 Å². The van der Waals surface area contributed by atoms with E-state index in [2.05, 4.69) is 62.6 Å². The minimum atomic E-state index is 0.176. The average Bonchev–Trinajstić information content (AvgIpc) is 2.95. The van der Waals surface area contributed by atoms with Crippen molar-refractivity contribution in [2.75, 3.05) is 6.61 Å². The van der Waals surface area contributed by atoms with Crippen LogP contribution >= 0.6 is 22.6 Å². The van der Waals surface area contributed by atoms with Crippen molar-refractivity contribution >= 4 is 22.6 Å². The fraction of sp³-hybridized carbons (Fsp3) is 0.471. The van der Waals surface area contributed by atoms with Crippen molar-refractivity contribution in [2.24, 2.45) is 0 Å². The molecule has 3 nitrogen and oxygen atoms in total. The molecule has 1 aliphatic carbocycles. The zero-order chi connectivity index (χ0) is 14.3. The zero-order valence-corrected chi connectivity index (χ0v) is 14.1. The maximum absolute atomic E-state index is 6.06. The summed E-state index contributed by atoms with van der Waals surface area (Å²) < 4.78 is 9.68. The van der Waals surface area contributed by atoms with E-state index >= 15 is 0 Å². The Morgan fingerprint density at radius 2 is 2.24 bits per heavy atom. The summed E-state index contributed by atoms with van der Waals surface area (Å²) in [7, 11) is 0. The van der Waals surface area contributed by atoms with Crippen LogP contribution in [0.1, 0.15) is 38.1 Å². The molecule has 1 aromatic carbocycles. The van der Waals surface area contributed by atoms with E-state index in [0.29, 0.717) is 6.04 Å². The van der Waals surface area contributed by atoms with Crippen LogP contribution in [0.25, 0.3) is 11.4 Å². The van der Waals surface area contributed by atoms with Crippen molar-refractivity contribution in [1.29, 1.82) is 0 Å². The van der Waals surface area contributed by atoms with Crippen LogP contribution in [-0.4, -0.2) is 21.8 Å². The van der Waals surface area contributed by atoms with Gasteiger partial charge in [-0.05, 0) is 66.8 Å². The summed E-state index contributed by atoms with van der Waals surface area (Å²) in [5.41, 5.74) is 1.39. The SMILES string of the molecule is Ic1cccc(-c2nccn2C2CCOC3(CCC3)C2)c1. The molecule has 2 aromatic rings. The molecule has 110 valence electrons. The molecular weight excluding hydrogens is 375 g/mol. The van der Waals surface area contributed by atoms with Gasteiger partial charge >= 0.3 is 0 Å². The molecule has 4 heteroatoms. The van der Waals surface area contributed by atoms with Gasteiger partial charge in [0.25, 0.3) is 0 Å². The Labute approximate surface area is 138 Å². The Bertz CT molecular complexity index is 648. The third kappa shape index (κ3) is 2.52. The Balaban J connectivity index is 1.65. The molecule has 1 atom stereocenters.